The highest BCUT2D eigenvalue weighted by Gasteiger charge is 2.55. The average Bonchev–Trinajstić information content (AvgIpc) is 2.65. The third-order valence-electron chi connectivity index (χ3n) is 3.87. The number of carbonyl (C=O) groups is 3. The van der Waals surface area contributed by atoms with Crippen molar-refractivity contribution in [2.24, 2.45) is 0 Å². The van der Waals surface area contributed by atoms with Crippen molar-refractivity contribution in [2.45, 2.75) is 18.7 Å². The molecule has 7 nitrogen and oxygen atoms in total. The number of rotatable bonds is 5. The van der Waals surface area contributed by atoms with E-state index in [4.69, 9.17) is 0 Å². The van der Waals surface area contributed by atoms with Gasteiger partial charge >= 0.3 is 18.0 Å². The van der Waals surface area contributed by atoms with Gasteiger partial charge in [-0.05, 0) is 23.8 Å². The minimum absolute atomic E-state index is 0.144. The van der Waals surface area contributed by atoms with Gasteiger partial charge < -0.3 is 21.1 Å². The maximum atomic E-state index is 13.4. The van der Waals surface area contributed by atoms with Gasteiger partial charge in [0.25, 0.3) is 0 Å². The first-order valence-electron chi connectivity index (χ1n) is 8.34. The molecule has 2 rings (SSSR count). The van der Waals surface area contributed by atoms with Crippen LogP contribution in [0.4, 0.5) is 24.5 Å². The zero-order valence-corrected chi connectivity index (χ0v) is 15.2. The van der Waals surface area contributed by atoms with Crippen molar-refractivity contribution in [3.8, 4) is 0 Å². The number of nitrogens with one attached hydrogen (secondary N) is 3. The SMILES string of the molecule is CC(=O)Nc1cccc(NC(=O)C(=O)NCC(O)(c2ccccc2)C(F)(F)F)c1. The molecule has 3 amide bonds. The first-order chi connectivity index (χ1) is 13.5. The summed E-state index contributed by atoms with van der Waals surface area (Å²) in [7, 11) is 0. The summed E-state index contributed by atoms with van der Waals surface area (Å²) < 4.78 is 40.2. The van der Waals surface area contributed by atoms with Gasteiger partial charge in [-0.1, -0.05) is 36.4 Å². The first-order valence-corrected chi connectivity index (χ1v) is 8.34. The number of anilines is 2. The molecular weight excluding hydrogens is 391 g/mol. The van der Waals surface area contributed by atoms with Crippen molar-refractivity contribution in [3.63, 3.8) is 0 Å². The monoisotopic (exact) mass is 409 g/mol. The lowest BCUT2D eigenvalue weighted by atomic mass is 9.93. The summed E-state index contributed by atoms with van der Waals surface area (Å²) in [5.41, 5.74) is -3.34. The summed E-state index contributed by atoms with van der Waals surface area (Å²) in [5, 5.41) is 16.6. The van der Waals surface area contributed by atoms with Gasteiger partial charge in [-0.2, -0.15) is 13.2 Å². The third kappa shape index (κ3) is 5.55. The van der Waals surface area contributed by atoms with E-state index in [0.717, 1.165) is 12.1 Å². The van der Waals surface area contributed by atoms with Crippen LogP contribution in [0.5, 0.6) is 0 Å². The molecule has 2 aromatic carbocycles. The van der Waals surface area contributed by atoms with E-state index in [9.17, 15) is 32.7 Å². The van der Waals surface area contributed by atoms with Crippen LogP contribution in [0, 0.1) is 0 Å². The summed E-state index contributed by atoms with van der Waals surface area (Å²) >= 11 is 0. The van der Waals surface area contributed by atoms with Crippen molar-refractivity contribution in [1.82, 2.24) is 5.32 Å². The average molecular weight is 409 g/mol. The van der Waals surface area contributed by atoms with Gasteiger partial charge in [0, 0.05) is 18.3 Å². The van der Waals surface area contributed by atoms with E-state index in [1.54, 1.807) is 11.4 Å². The Balaban J connectivity index is 2.07. The molecule has 0 heterocycles. The van der Waals surface area contributed by atoms with E-state index in [2.05, 4.69) is 10.6 Å². The number of amides is 3. The second-order valence-electron chi connectivity index (χ2n) is 6.12. The fourth-order valence-corrected chi connectivity index (χ4v) is 2.43. The van der Waals surface area contributed by atoms with E-state index < -0.39 is 35.7 Å². The topological polar surface area (TPSA) is 108 Å². The number of aliphatic hydroxyl groups is 1. The number of alkyl halides is 3. The standard InChI is InChI=1S/C19H18F3N3O4/c1-12(26)24-14-8-5-9-15(10-14)25-17(28)16(27)23-11-18(29,19(20,21)22)13-6-3-2-4-7-13/h2-10,29H,11H2,1H3,(H,23,27)(H,24,26)(H,25,28). The Labute approximate surface area is 163 Å². The fraction of sp³-hybridized carbons (Fsp3) is 0.211. The Morgan fingerprint density at radius 1 is 0.897 bits per heavy atom. The van der Waals surface area contributed by atoms with E-state index in [-0.39, 0.29) is 11.6 Å². The van der Waals surface area contributed by atoms with Gasteiger partial charge in [0.1, 0.15) is 0 Å². The number of hydrogen-bond acceptors (Lipinski definition) is 4. The van der Waals surface area contributed by atoms with Crippen molar-refractivity contribution >= 4 is 29.1 Å². The number of carbonyl (C=O) groups excluding carboxylic acids is 3. The Morgan fingerprint density at radius 3 is 2.03 bits per heavy atom. The first kappa shape index (κ1) is 21.9. The zero-order chi connectivity index (χ0) is 21.7. The molecule has 4 N–H and O–H groups in total. The van der Waals surface area contributed by atoms with Gasteiger partial charge in [-0.3, -0.25) is 14.4 Å². The maximum Gasteiger partial charge on any atom is 0.423 e. The van der Waals surface area contributed by atoms with Crippen LogP contribution in [-0.4, -0.2) is 35.5 Å². The number of halogens is 3. The molecule has 0 spiro atoms. The molecule has 0 saturated carbocycles. The van der Waals surface area contributed by atoms with Crippen LogP contribution in [0.3, 0.4) is 0 Å². The lowest BCUT2D eigenvalue weighted by molar-refractivity contribution is -0.264. The maximum absolute atomic E-state index is 13.4. The quantitative estimate of drug-likeness (QED) is 0.568. The predicted octanol–water partition coefficient (Wildman–Crippen LogP) is 2.15. The number of benzene rings is 2. The van der Waals surface area contributed by atoms with Crippen LogP contribution in [0.2, 0.25) is 0 Å². The lowest BCUT2D eigenvalue weighted by Crippen LogP contribution is -2.52. The van der Waals surface area contributed by atoms with E-state index >= 15 is 0 Å². The van der Waals surface area contributed by atoms with Crippen molar-refractivity contribution in [3.05, 3.63) is 60.2 Å². The van der Waals surface area contributed by atoms with Crippen molar-refractivity contribution in [1.29, 1.82) is 0 Å². The minimum atomic E-state index is -5.09. The van der Waals surface area contributed by atoms with Crippen molar-refractivity contribution in [2.75, 3.05) is 17.2 Å². The Bertz CT molecular complexity index is 903. The molecule has 29 heavy (non-hydrogen) atoms. The molecule has 0 fully saturated rings. The van der Waals surface area contributed by atoms with Crippen LogP contribution >= 0.6 is 0 Å². The molecule has 0 bridgehead atoms. The van der Waals surface area contributed by atoms with Crippen molar-refractivity contribution < 1.29 is 32.7 Å². The van der Waals surface area contributed by atoms with Crippen LogP contribution in [0.15, 0.2) is 54.6 Å². The molecule has 1 atom stereocenters. The molecule has 0 radical (unpaired) electrons. The molecule has 154 valence electrons. The van der Waals surface area contributed by atoms with Crippen LogP contribution in [0.1, 0.15) is 12.5 Å². The van der Waals surface area contributed by atoms with Gasteiger partial charge in [0.2, 0.25) is 11.5 Å². The number of hydrogen-bond donors (Lipinski definition) is 4. The molecule has 0 saturated heterocycles. The third-order valence-corrected chi connectivity index (χ3v) is 3.87. The summed E-state index contributed by atoms with van der Waals surface area (Å²) in [4.78, 5) is 35.0. The van der Waals surface area contributed by atoms with E-state index in [0.29, 0.717) is 5.69 Å². The molecule has 2 aromatic rings. The van der Waals surface area contributed by atoms with E-state index in [1.807, 2.05) is 0 Å². The molecule has 1 unspecified atom stereocenters. The largest absolute Gasteiger partial charge is 0.423 e. The lowest BCUT2D eigenvalue weighted by Gasteiger charge is -2.31. The predicted molar refractivity (Wildman–Crippen MR) is 98.8 cm³/mol. The Kier molecular flexibility index (Phi) is 6.60. The highest BCUT2D eigenvalue weighted by atomic mass is 19.4. The van der Waals surface area contributed by atoms with Crippen LogP contribution in [0.25, 0.3) is 0 Å². The van der Waals surface area contributed by atoms with Gasteiger partial charge in [-0.15, -0.1) is 0 Å². The van der Waals surface area contributed by atoms with Gasteiger partial charge in [-0.25, -0.2) is 0 Å². The summed E-state index contributed by atoms with van der Waals surface area (Å²) in [6.07, 6.45) is -5.09. The highest BCUT2D eigenvalue weighted by Crippen LogP contribution is 2.38. The second kappa shape index (κ2) is 8.74. The molecule has 0 aliphatic carbocycles. The molecule has 10 heteroatoms. The summed E-state index contributed by atoms with van der Waals surface area (Å²) in [5.74, 6) is -2.95. The molecule has 0 aromatic heterocycles. The molecular formula is C19H18F3N3O4. The summed E-state index contributed by atoms with van der Waals surface area (Å²) in [6, 6.07) is 12.0. The highest BCUT2D eigenvalue weighted by molar-refractivity contribution is 6.39. The minimum Gasteiger partial charge on any atom is -0.375 e. The van der Waals surface area contributed by atoms with Gasteiger partial charge in [0.15, 0.2) is 0 Å². The van der Waals surface area contributed by atoms with Crippen LogP contribution < -0.4 is 16.0 Å². The summed E-state index contributed by atoms with van der Waals surface area (Å²) in [6.45, 7) is 0.0337. The zero-order valence-electron chi connectivity index (χ0n) is 15.2. The Hall–Kier alpha value is -3.40. The van der Waals surface area contributed by atoms with Gasteiger partial charge in [0.05, 0.1) is 6.54 Å². The second-order valence-corrected chi connectivity index (χ2v) is 6.12. The smallest absolute Gasteiger partial charge is 0.375 e. The van der Waals surface area contributed by atoms with Crippen LogP contribution in [-0.2, 0) is 20.0 Å². The molecule has 0 aliphatic heterocycles. The molecule has 0 aliphatic rings. The normalized spacial score (nSPS) is 13.1. The van der Waals surface area contributed by atoms with E-state index in [1.165, 1.54) is 43.3 Å². The fourth-order valence-electron chi connectivity index (χ4n) is 2.43. The Morgan fingerprint density at radius 2 is 1.48 bits per heavy atom.